The Morgan fingerprint density at radius 2 is 2.30 bits per heavy atom. The first kappa shape index (κ1) is 15.4. The first-order valence-corrected chi connectivity index (χ1v) is 8.49. The van der Waals surface area contributed by atoms with Crippen LogP contribution in [0.15, 0.2) is 29.2 Å². The minimum Gasteiger partial charge on any atom is -0.381 e. The summed E-state index contributed by atoms with van der Waals surface area (Å²) in [4.78, 5) is 0.166. The second-order valence-electron chi connectivity index (χ2n) is 5.22. The molecular weight excluding hydrogens is 276 g/mol. The molecule has 0 aromatic heterocycles. The molecule has 20 heavy (non-hydrogen) atoms. The van der Waals surface area contributed by atoms with E-state index in [0.29, 0.717) is 5.92 Å². The van der Waals surface area contributed by atoms with Crippen LogP contribution in [0.5, 0.6) is 0 Å². The summed E-state index contributed by atoms with van der Waals surface area (Å²) in [5, 5.41) is 8.67. The van der Waals surface area contributed by atoms with Crippen molar-refractivity contribution in [1.82, 2.24) is 5.32 Å². The van der Waals surface area contributed by atoms with Crippen molar-refractivity contribution in [1.29, 1.82) is 0 Å². The van der Waals surface area contributed by atoms with E-state index in [1.54, 1.807) is 12.1 Å². The van der Waals surface area contributed by atoms with Crippen molar-refractivity contribution in [3.63, 3.8) is 0 Å². The van der Waals surface area contributed by atoms with Gasteiger partial charge in [-0.15, -0.1) is 0 Å². The fourth-order valence-corrected chi connectivity index (χ4v) is 3.03. The molecule has 1 aliphatic rings. The van der Waals surface area contributed by atoms with Crippen LogP contribution >= 0.6 is 0 Å². The lowest BCUT2D eigenvalue weighted by molar-refractivity contribution is 0.184. The molecule has 1 heterocycles. The van der Waals surface area contributed by atoms with Gasteiger partial charge in [-0.05, 0) is 36.5 Å². The van der Waals surface area contributed by atoms with Gasteiger partial charge >= 0.3 is 0 Å². The maximum atomic E-state index is 11.4. The van der Waals surface area contributed by atoms with Gasteiger partial charge in [0.15, 0.2) is 0 Å². The molecule has 0 spiro atoms. The van der Waals surface area contributed by atoms with E-state index in [-0.39, 0.29) is 10.9 Å². The Balaban J connectivity index is 2.06. The van der Waals surface area contributed by atoms with E-state index in [0.717, 1.165) is 38.2 Å². The predicted molar refractivity (Wildman–Crippen MR) is 77.8 cm³/mol. The van der Waals surface area contributed by atoms with Crippen molar-refractivity contribution in [2.24, 2.45) is 11.1 Å². The topological polar surface area (TPSA) is 81.4 Å². The van der Waals surface area contributed by atoms with Crippen LogP contribution in [0.2, 0.25) is 0 Å². The SMILES string of the molecule is CC[C@H](NC[C@H]1CCOC1)c1cccc(S(N)(=O)=O)c1. The molecule has 2 rings (SSSR count). The first-order valence-electron chi connectivity index (χ1n) is 6.94. The second-order valence-corrected chi connectivity index (χ2v) is 6.78. The van der Waals surface area contributed by atoms with Gasteiger partial charge in [0, 0.05) is 19.2 Å². The summed E-state index contributed by atoms with van der Waals surface area (Å²) in [6, 6.07) is 6.98. The fraction of sp³-hybridized carbons (Fsp3) is 0.571. The molecule has 3 N–H and O–H groups in total. The van der Waals surface area contributed by atoms with Crippen molar-refractivity contribution in [3.8, 4) is 0 Å². The summed E-state index contributed by atoms with van der Waals surface area (Å²) in [5.41, 5.74) is 0.956. The fourth-order valence-electron chi connectivity index (χ4n) is 2.46. The summed E-state index contributed by atoms with van der Waals surface area (Å²) >= 11 is 0. The number of primary sulfonamides is 1. The molecule has 1 aromatic carbocycles. The van der Waals surface area contributed by atoms with Gasteiger partial charge < -0.3 is 10.1 Å². The average Bonchev–Trinajstić information content (AvgIpc) is 2.92. The van der Waals surface area contributed by atoms with E-state index in [2.05, 4.69) is 12.2 Å². The minimum absolute atomic E-state index is 0.136. The number of ether oxygens (including phenoxy) is 1. The molecule has 0 radical (unpaired) electrons. The number of hydrogen-bond acceptors (Lipinski definition) is 4. The zero-order valence-corrected chi connectivity index (χ0v) is 12.5. The Morgan fingerprint density at radius 1 is 1.50 bits per heavy atom. The molecule has 1 saturated heterocycles. The van der Waals surface area contributed by atoms with E-state index in [1.807, 2.05) is 6.07 Å². The highest BCUT2D eigenvalue weighted by molar-refractivity contribution is 7.89. The van der Waals surface area contributed by atoms with Gasteiger partial charge in [-0.3, -0.25) is 0 Å². The summed E-state index contributed by atoms with van der Waals surface area (Å²) in [6.45, 7) is 4.61. The van der Waals surface area contributed by atoms with Gasteiger partial charge in [0.05, 0.1) is 11.5 Å². The first-order chi connectivity index (χ1) is 9.50. The summed E-state index contributed by atoms with van der Waals surface area (Å²) in [6.07, 6.45) is 1.97. The summed E-state index contributed by atoms with van der Waals surface area (Å²) in [5.74, 6) is 0.547. The quantitative estimate of drug-likeness (QED) is 0.832. The van der Waals surface area contributed by atoms with Crippen molar-refractivity contribution >= 4 is 10.0 Å². The molecule has 1 aromatic rings. The third kappa shape index (κ3) is 4.02. The van der Waals surface area contributed by atoms with E-state index in [9.17, 15) is 8.42 Å². The largest absolute Gasteiger partial charge is 0.381 e. The van der Waals surface area contributed by atoms with Crippen LogP contribution in [-0.4, -0.2) is 28.2 Å². The molecule has 0 aliphatic carbocycles. The van der Waals surface area contributed by atoms with Crippen LogP contribution in [0, 0.1) is 5.92 Å². The van der Waals surface area contributed by atoms with Crippen molar-refractivity contribution in [2.45, 2.75) is 30.7 Å². The lowest BCUT2D eigenvalue weighted by Crippen LogP contribution is -2.27. The molecule has 1 aliphatic heterocycles. The molecule has 112 valence electrons. The highest BCUT2D eigenvalue weighted by atomic mass is 32.2. The number of sulfonamides is 1. The number of hydrogen-bond donors (Lipinski definition) is 2. The van der Waals surface area contributed by atoms with E-state index in [1.165, 1.54) is 6.07 Å². The van der Waals surface area contributed by atoms with Gasteiger partial charge in [0.2, 0.25) is 10.0 Å². The van der Waals surface area contributed by atoms with Crippen LogP contribution in [0.1, 0.15) is 31.4 Å². The molecule has 6 heteroatoms. The lowest BCUT2D eigenvalue weighted by atomic mass is 10.0. The maximum Gasteiger partial charge on any atom is 0.238 e. The smallest absolute Gasteiger partial charge is 0.238 e. The van der Waals surface area contributed by atoms with Crippen LogP contribution in [0.25, 0.3) is 0 Å². The Labute approximate surface area is 120 Å². The molecule has 0 saturated carbocycles. The van der Waals surface area contributed by atoms with E-state index >= 15 is 0 Å². The summed E-state index contributed by atoms with van der Waals surface area (Å²) in [7, 11) is -3.65. The maximum absolute atomic E-state index is 11.4. The second kappa shape index (κ2) is 6.67. The van der Waals surface area contributed by atoms with Crippen molar-refractivity contribution in [3.05, 3.63) is 29.8 Å². The van der Waals surface area contributed by atoms with Gasteiger partial charge in [-0.2, -0.15) is 0 Å². The van der Waals surface area contributed by atoms with E-state index in [4.69, 9.17) is 9.88 Å². The minimum atomic E-state index is -3.65. The Bertz CT molecular complexity index is 539. The zero-order chi connectivity index (χ0) is 14.6. The Morgan fingerprint density at radius 3 is 2.90 bits per heavy atom. The van der Waals surface area contributed by atoms with Crippen LogP contribution in [0.4, 0.5) is 0 Å². The molecule has 0 amide bonds. The Kier molecular flexibility index (Phi) is 5.15. The lowest BCUT2D eigenvalue weighted by Gasteiger charge is -2.20. The third-order valence-electron chi connectivity index (χ3n) is 3.67. The normalized spacial score (nSPS) is 21.0. The number of nitrogens with two attached hydrogens (primary N) is 1. The van der Waals surface area contributed by atoms with Crippen LogP contribution in [-0.2, 0) is 14.8 Å². The van der Waals surface area contributed by atoms with Crippen LogP contribution < -0.4 is 10.5 Å². The van der Waals surface area contributed by atoms with Gasteiger partial charge in [-0.1, -0.05) is 19.1 Å². The highest BCUT2D eigenvalue weighted by Crippen LogP contribution is 2.21. The van der Waals surface area contributed by atoms with E-state index < -0.39 is 10.0 Å². The average molecular weight is 298 g/mol. The van der Waals surface area contributed by atoms with Crippen molar-refractivity contribution < 1.29 is 13.2 Å². The molecule has 0 unspecified atom stereocenters. The monoisotopic (exact) mass is 298 g/mol. The molecule has 0 bridgehead atoms. The number of nitrogens with one attached hydrogen (secondary N) is 1. The summed E-state index contributed by atoms with van der Waals surface area (Å²) < 4.78 is 28.2. The van der Waals surface area contributed by atoms with Crippen LogP contribution in [0.3, 0.4) is 0 Å². The third-order valence-corrected chi connectivity index (χ3v) is 4.59. The molecule has 2 atom stereocenters. The van der Waals surface area contributed by atoms with Gasteiger partial charge in [0.25, 0.3) is 0 Å². The van der Waals surface area contributed by atoms with Crippen molar-refractivity contribution in [2.75, 3.05) is 19.8 Å². The van der Waals surface area contributed by atoms with Gasteiger partial charge in [0.1, 0.15) is 0 Å². The molecule has 1 fully saturated rings. The highest BCUT2D eigenvalue weighted by Gasteiger charge is 2.18. The standard InChI is InChI=1S/C14H22N2O3S/c1-2-14(16-9-11-6-7-19-10-11)12-4-3-5-13(8-12)20(15,17)18/h3-5,8,11,14,16H,2,6-7,9-10H2,1H3,(H2,15,17,18)/t11-,14+/m1/s1. The molecule has 5 nitrogen and oxygen atoms in total. The number of benzene rings is 1. The molecular formula is C14H22N2O3S. The zero-order valence-electron chi connectivity index (χ0n) is 11.7. The number of rotatable bonds is 6. The van der Waals surface area contributed by atoms with Gasteiger partial charge in [-0.25, -0.2) is 13.6 Å². The Hall–Kier alpha value is -0.950. The predicted octanol–water partition coefficient (Wildman–Crippen LogP) is 1.41.